The summed E-state index contributed by atoms with van der Waals surface area (Å²) in [6.45, 7) is 0.279. The zero-order valence-electron chi connectivity index (χ0n) is 17.5. The molecule has 1 N–H and O–H groups in total. The van der Waals surface area contributed by atoms with Gasteiger partial charge in [-0.1, -0.05) is 84.9 Å². The maximum Gasteiger partial charge on any atom is 0.410 e. The molecule has 2 heterocycles. The third kappa shape index (κ3) is 3.96. The van der Waals surface area contributed by atoms with E-state index in [0.717, 1.165) is 35.1 Å². The first-order chi connectivity index (χ1) is 15.1. The van der Waals surface area contributed by atoms with Crippen LogP contribution in [0.3, 0.4) is 0 Å². The van der Waals surface area contributed by atoms with Gasteiger partial charge in [-0.25, -0.2) is 4.79 Å². The average Bonchev–Trinajstić information content (AvgIpc) is 3.10. The Morgan fingerprint density at radius 3 is 2.00 bits per heavy atom. The number of aliphatic hydroxyl groups is 1. The van der Waals surface area contributed by atoms with Gasteiger partial charge in [0, 0.05) is 24.9 Å². The lowest BCUT2D eigenvalue weighted by Gasteiger charge is -2.43. The van der Waals surface area contributed by atoms with Crippen molar-refractivity contribution in [1.29, 1.82) is 0 Å². The molecule has 0 aliphatic carbocycles. The van der Waals surface area contributed by atoms with Crippen molar-refractivity contribution in [2.45, 2.75) is 50.0 Å². The minimum Gasteiger partial charge on any atom is -0.445 e. The summed E-state index contributed by atoms with van der Waals surface area (Å²) in [6.07, 6.45) is 2.66. The first-order valence-electron chi connectivity index (χ1n) is 11.0. The Bertz CT molecular complexity index is 1020. The molecule has 2 bridgehead atoms. The normalized spacial score (nSPS) is 24.7. The molecule has 0 radical (unpaired) electrons. The van der Waals surface area contributed by atoms with Crippen molar-refractivity contribution < 1.29 is 14.6 Å². The summed E-state index contributed by atoms with van der Waals surface area (Å²) in [4.78, 5) is 14.7. The summed E-state index contributed by atoms with van der Waals surface area (Å²) in [5, 5.41) is 11.5. The fourth-order valence-corrected chi connectivity index (χ4v) is 5.16. The van der Waals surface area contributed by atoms with Gasteiger partial charge in [0.15, 0.2) is 0 Å². The standard InChI is InChI=1S/C27H27NO3/c29-26(31-19-20-7-3-1-4-8-20)28-24-15-16-25(28)18-27(30,17-24)23-13-11-22(12-14-23)21-9-5-2-6-10-21/h1-14,24-25,30H,15-19H2. The Labute approximate surface area is 183 Å². The van der Waals surface area contributed by atoms with E-state index in [1.54, 1.807) is 0 Å². The Morgan fingerprint density at radius 2 is 1.39 bits per heavy atom. The number of fused-ring (bicyclic) bond motifs is 2. The van der Waals surface area contributed by atoms with Crippen molar-refractivity contribution in [1.82, 2.24) is 4.90 Å². The first kappa shape index (κ1) is 19.8. The highest BCUT2D eigenvalue weighted by Crippen LogP contribution is 2.46. The van der Waals surface area contributed by atoms with Crippen LogP contribution in [0.1, 0.15) is 36.8 Å². The zero-order chi connectivity index (χ0) is 21.3. The van der Waals surface area contributed by atoms with Crippen LogP contribution in [0.2, 0.25) is 0 Å². The fraction of sp³-hybridized carbons (Fsp3) is 0.296. The van der Waals surface area contributed by atoms with E-state index in [2.05, 4.69) is 24.3 Å². The van der Waals surface area contributed by atoms with Crippen LogP contribution in [0.5, 0.6) is 0 Å². The summed E-state index contributed by atoms with van der Waals surface area (Å²) in [5.41, 5.74) is 3.31. The van der Waals surface area contributed by atoms with Crippen molar-refractivity contribution in [3.8, 4) is 11.1 Å². The molecule has 2 unspecified atom stereocenters. The summed E-state index contributed by atoms with van der Waals surface area (Å²) < 4.78 is 5.59. The van der Waals surface area contributed by atoms with Gasteiger partial charge >= 0.3 is 6.09 Å². The van der Waals surface area contributed by atoms with Gasteiger partial charge in [0.05, 0.1) is 5.60 Å². The van der Waals surface area contributed by atoms with E-state index in [1.165, 1.54) is 0 Å². The summed E-state index contributed by atoms with van der Waals surface area (Å²) in [5.74, 6) is 0. The molecule has 3 aromatic rings. The number of carbonyl (C=O) groups excluding carboxylic acids is 1. The lowest BCUT2D eigenvalue weighted by Crippen LogP contribution is -2.52. The minimum absolute atomic E-state index is 0.0147. The molecule has 0 spiro atoms. The van der Waals surface area contributed by atoms with Gasteiger partial charge in [0.2, 0.25) is 0 Å². The van der Waals surface area contributed by atoms with E-state index in [4.69, 9.17) is 4.74 Å². The van der Waals surface area contributed by atoms with Crippen LogP contribution >= 0.6 is 0 Å². The van der Waals surface area contributed by atoms with Gasteiger partial charge in [-0.2, -0.15) is 0 Å². The van der Waals surface area contributed by atoms with E-state index in [1.807, 2.05) is 65.6 Å². The summed E-state index contributed by atoms with van der Waals surface area (Å²) in [6, 6.07) is 28.2. The van der Waals surface area contributed by atoms with Gasteiger partial charge in [-0.15, -0.1) is 0 Å². The van der Waals surface area contributed by atoms with Crippen LogP contribution < -0.4 is 0 Å². The molecule has 4 heteroatoms. The molecule has 2 aliphatic rings. The number of piperidine rings is 1. The van der Waals surface area contributed by atoms with Crippen molar-refractivity contribution in [2.75, 3.05) is 0 Å². The van der Waals surface area contributed by atoms with Crippen molar-refractivity contribution >= 4 is 6.09 Å². The molecule has 1 amide bonds. The average molecular weight is 414 g/mol. The van der Waals surface area contributed by atoms with Crippen molar-refractivity contribution in [3.63, 3.8) is 0 Å². The van der Waals surface area contributed by atoms with Crippen LogP contribution in [0.4, 0.5) is 4.79 Å². The second-order valence-electron chi connectivity index (χ2n) is 8.72. The number of rotatable bonds is 4. The van der Waals surface area contributed by atoms with Crippen molar-refractivity contribution in [2.24, 2.45) is 0 Å². The SMILES string of the molecule is O=C(OCc1ccccc1)N1C2CCC1CC(O)(c1ccc(-c3ccccc3)cc1)C2. The number of hydrogen-bond acceptors (Lipinski definition) is 3. The van der Waals surface area contributed by atoms with Crippen LogP contribution in [0.25, 0.3) is 11.1 Å². The number of hydrogen-bond donors (Lipinski definition) is 1. The Morgan fingerprint density at radius 1 is 0.839 bits per heavy atom. The third-order valence-electron chi connectivity index (χ3n) is 6.71. The third-order valence-corrected chi connectivity index (χ3v) is 6.71. The predicted molar refractivity (Wildman–Crippen MR) is 120 cm³/mol. The minimum atomic E-state index is -0.905. The van der Waals surface area contributed by atoms with E-state index in [9.17, 15) is 9.90 Å². The monoisotopic (exact) mass is 413 g/mol. The highest BCUT2D eigenvalue weighted by molar-refractivity contribution is 5.69. The van der Waals surface area contributed by atoms with Crippen LogP contribution in [-0.4, -0.2) is 28.2 Å². The summed E-state index contributed by atoms with van der Waals surface area (Å²) >= 11 is 0. The highest BCUT2D eigenvalue weighted by Gasteiger charge is 2.50. The zero-order valence-corrected chi connectivity index (χ0v) is 17.5. The predicted octanol–water partition coefficient (Wildman–Crippen LogP) is 5.50. The van der Waals surface area contributed by atoms with Gasteiger partial charge in [-0.05, 0) is 35.1 Å². The maximum atomic E-state index is 12.8. The molecular weight excluding hydrogens is 386 g/mol. The topological polar surface area (TPSA) is 49.8 Å². The summed E-state index contributed by atoms with van der Waals surface area (Å²) in [7, 11) is 0. The molecular formula is C27H27NO3. The Kier molecular flexibility index (Phi) is 5.24. The molecule has 2 saturated heterocycles. The van der Waals surface area contributed by atoms with E-state index in [-0.39, 0.29) is 24.8 Å². The second-order valence-corrected chi connectivity index (χ2v) is 8.72. The molecule has 3 aromatic carbocycles. The number of ether oxygens (including phenoxy) is 1. The molecule has 31 heavy (non-hydrogen) atoms. The number of benzene rings is 3. The van der Waals surface area contributed by atoms with E-state index < -0.39 is 5.60 Å². The lowest BCUT2D eigenvalue weighted by molar-refractivity contribution is -0.0536. The maximum absolute atomic E-state index is 12.8. The molecule has 0 aromatic heterocycles. The molecule has 2 atom stereocenters. The Hall–Kier alpha value is -3.11. The largest absolute Gasteiger partial charge is 0.445 e. The van der Waals surface area contributed by atoms with Gasteiger partial charge < -0.3 is 14.7 Å². The number of amides is 1. The van der Waals surface area contributed by atoms with Crippen molar-refractivity contribution in [3.05, 3.63) is 96.1 Å². The van der Waals surface area contributed by atoms with Gasteiger partial charge in [0.1, 0.15) is 6.61 Å². The fourth-order valence-electron chi connectivity index (χ4n) is 5.16. The van der Waals surface area contributed by atoms with Gasteiger partial charge in [0.25, 0.3) is 0 Å². The molecule has 0 saturated carbocycles. The van der Waals surface area contributed by atoms with E-state index >= 15 is 0 Å². The van der Waals surface area contributed by atoms with Crippen LogP contribution in [0, 0.1) is 0 Å². The van der Waals surface area contributed by atoms with Crippen LogP contribution in [0.15, 0.2) is 84.9 Å². The molecule has 5 rings (SSSR count). The molecule has 158 valence electrons. The number of nitrogens with zero attached hydrogens (tertiary/aromatic N) is 1. The quantitative estimate of drug-likeness (QED) is 0.614. The van der Waals surface area contributed by atoms with Crippen LogP contribution in [-0.2, 0) is 16.9 Å². The lowest BCUT2D eigenvalue weighted by atomic mass is 9.80. The smallest absolute Gasteiger partial charge is 0.410 e. The molecule has 4 nitrogen and oxygen atoms in total. The molecule has 2 aliphatic heterocycles. The Balaban J connectivity index is 1.28. The highest BCUT2D eigenvalue weighted by atomic mass is 16.6. The first-order valence-corrected chi connectivity index (χ1v) is 11.0. The van der Waals surface area contributed by atoms with Gasteiger partial charge in [-0.3, -0.25) is 0 Å². The second kappa shape index (κ2) is 8.20. The number of carbonyl (C=O) groups is 1. The van der Waals surface area contributed by atoms with E-state index in [0.29, 0.717) is 12.8 Å². The molecule has 2 fully saturated rings.